The second-order valence-electron chi connectivity index (χ2n) is 11.2. The summed E-state index contributed by atoms with van der Waals surface area (Å²) in [7, 11) is 0. The molecule has 2 aliphatic heterocycles. The number of nitrogens with zero attached hydrogens (tertiary/aromatic N) is 4. The van der Waals surface area contributed by atoms with Crippen molar-refractivity contribution in [3.8, 4) is 5.75 Å². The van der Waals surface area contributed by atoms with E-state index in [1.54, 1.807) is 30.3 Å². The summed E-state index contributed by atoms with van der Waals surface area (Å²) in [6.45, 7) is 5.99. The monoisotopic (exact) mass is 606 g/mol. The fraction of sp³-hybridized carbons (Fsp3) is 0.333. The van der Waals surface area contributed by atoms with E-state index in [2.05, 4.69) is 10.3 Å². The van der Waals surface area contributed by atoms with Gasteiger partial charge >= 0.3 is 6.03 Å². The van der Waals surface area contributed by atoms with Crippen LogP contribution in [-0.2, 0) is 9.59 Å². The maximum Gasteiger partial charge on any atom is 0.326 e. The Balaban J connectivity index is 1.69. The maximum absolute atomic E-state index is 14.4. The Bertz CT molecular complexity index is 1580. The lowest BCUT2D eigenvalue weighted by molar-refractivity contribution is -0.123. The average molecular weight is 607 g/mol. The van der Waals surface area contributed by atoms with Gasteiger partial charge in [-0.25, -0.2) is 9.78 Å². The van der Waals surface area contributed by atoms with Crippen LogP contribution in [-0.4, -0.2) is 69.5 Å². The SMILES string of the molecule is CC(C)(C)Oc1cc(C(=O)CC(N)=O)ccc1C1=N[C@@H](c2cnco2)[C@@H](c2ccc(Cl)cc2)N1C(=O)N1CCNC(=O)C1. The van der Waals surface area contributed by atoms with Crippen LogP contribution in [0.25, 0.3) is 0 Å². The van der Waals surface area contributed by atoms with E-state index in [-0.39, 0.29) is 29.6 Å². The number of urea groups is 1. The summed E-state index contributed by atoms with van der Waals surface area (Å²) in [5.74, 6) is -0.584. The molecule has 1 aromatic heterocycles. The summed E-state index contributed by atoms with van der Waals surface area (Å²) in [6.07, 6.45) is 2.36. The van der Waals surface area contributed by atoms with Crippen molar-refractivity contribution in [3.63, 3.8) is 0 Å². The van der Waals surface area contributed by atoms with Crippen LogP contribution < -0.4 is 15.8 Å². The first kappa shape index (κ1) is 29.8. The van der Waals surface area contributed by atoms with E-state index in [0.29, 0.717) is 35.0 Å². The first-order chi connectivity index (χ1) is 20.4. The lowest BCUT2D eigenvalue weighted by Gasteiger charge is -2.35. The summed E-state index contributed by atoms with van der Waals surface area (Å²) < 4.78 is 12.0. The van der Waals surface area contributed by atoms with E-state index in [9.17, 15) is 19.2 Å². The van der Waals surface area contributed by atoms with Crippen molar-refractivity contribution in [1.82, 2.24) is 20.1 Å². The second kappa shape index (κ2) is 11.9. The standard InChI is InChI=1S/C30H31ClN6O6/c1-30(2,3)43-22-12-18(21(38)13-24(32)39)6-9-20(22)28-35-26(23-14-33-16-42-23)27(17-4-7-19(31)8-5-17)37(28)29(41)36-11-10-34-25(40)15-36/h4-9,12,14,16,26-27H,10-11,13,15H2,1-3H3,(H2,32,39)(H,34,40)/t26-,27+/m0/s1. The highest BCUT2D eigenvalue weighted by atomic mass is 35.5. The Hall–Kier alpha value is -4.71. The second-order valence-corrected chi connectivity index (χ2v) is 11.6. The molecule has 0 radical (unpaired) electrons. The Morgan fingerprint density at radius 3 is 2.53 bits per heavy atom. The lowest BCUT2D eigenvalue weighted by atomic mass is 9.97. The third kappa shape index (κ3) is 6.54. The molecular formula is C30H31ClN6O6. The van der Waals surface area contributed by atoms with Crippen molar-refractivity contribution in [2.24, 2.45) is 10.7 Å². The molecule has 1 saturated heterocycles. The number of hydrogen-bond acceptors (Lipinski definition) is 8. The molecule has 13 heteroatoms. The number of ketones is 1. The Labute approximate surface area is 252 Å². The van der Waals surface area contributed by atoms with Crippen molar-refractivity contribution < 1.29 is 28.3 Å². The number of carbonyl (C=O) groups is 4. The Morgan fingerprint density at radius 1 is 1.16 bits per heavy atom. The van der Waals surface area contributed by atoms with E-state index in [0.717, 1.165) is 0 Å². The lowest BCUT2D eigenvalue weighted by Crippen LogP contribution is -2.55. The predicted octanol–water partition coefficient (Wildman–Crippen LogP) is 3.66. The average Bonchev–Trinajstić information content (AvgIpc) is 3.60. The molecule has 0 unspecified atom stereocenters. The number of carbonyl (C=O) groups excluding carboxylic acids is 4. The molecule has 224 valence electrons. The summed E-state index contributed by atoms with van der Waals surface area (Å²) >= 11 is 6.21. The fourth-order valence-electron chi connectivity index (χ4n) is 5.04. The number of rotatable bonds is 7. The van der Waals surface area contributed by atoms with Gasteiger partial charge in [0.2, 0.25) is 11.8 Å². The van der Waals surface area contributed by atoms with Crippen LogP contribution in [0.2, 0.25) is 5.02 Å². The smallest absolute Gasteiger partial charge is 0.326 e. The van der Waals surface area contributed by atoms with Crippen LogP contribution in [0.15, 0.2) is 64.5 Å². The van der Waals surface area contributed by atoms with Gasteiger partial charge in [-0.2, -0.15) is 0 Å². The number of piperazine rings is 1. The number of hydrogen-bond donors (Lipinski definition) is 2. The largest absolute Gasteiger partial charge is 0.487 e. The normalized spacial score (nSPS) is 18.7. The summed E-state index contributed by atoms with van der Waals surface area (Å²) in [4.78, 5) is 62.9. The fourth-order valence-corrected chi connectivity index (χ4v) is 5.16. The van der Waals surface area contributed by atoms with Gasteiger partial charge in [0.05, 0.1) is 24.2 Å². The third-order valence-corrected chi connectivity index (χ3v) is 7.08. The predicted molar refractivity (Wildman–Crippen MR) is 157 cm³/mol. The highest BCUT2D eigenvalue weighted by Crippen LogP contribution is 2.45. The molecule has 3 heterocycles. The molecule has 0 bridgehead atoms. The van der Waals surface area contributed by atoms with Crippen LogP contribution >= 0.6 is 11.6 Å². The first-order valence-electron chi connectivity index (χ1n) is 13.6. The number of aliphatic imine (C=N–C) groups is 1. The van der Waals surface area contributed by atoms with Crippen LogP contribution in [0, 0.1) is 0 Å². The Morgan fingerprint density at radius 2 is 1.91 bits per heavy atom. The molecule has 2 aromatic carbocycles. The number of benzene rings is 2. The number of Topliss-reactive ketones (excluding diaryl/α,β-unsaturated/α-hetero) is 1. The summed E-state index contributed by atoms with van der Waals surface area (Å²) in [5, 5.41) is 3.26. The number of oxazole rings is 1. The minimum absolute atomic E-state index is 0.130. The topological polar surface area (TPSA) is 160 Å². The molecule has 0 saturated carbocycles. The molecular weight excluding hydrogens is 576 g/mol. The highest BCUT2D eigenvalue weighted by molar-refractivity contribution is 6.30. The first-order valence-corrected chi connectivity index (χ1v) is 14.0. The van der Waals surface area contributed by atoms with Gasteiger partial charge in [-0.15, -0.1) is 0 Å². The van der Waals surface area contributed by atoms with E-state index in [4.69, 9.17) is 31.5 Å². The van der Waals surface area contributed by atoms with Gasteiger partial charge < -0.3 is 25.1 Å². The number of amides is 4. The zero-order valence-corrected chi connectivity index (χ0v) is 24.6. The van der Waals surface area contributed by atoms with Gasteiger partial charge in [0, 0.05) is 23.7 Å². The van der Waals surface area contributed by atoms with Crippen LogP contribution in [0.1, 0.15) is 66.5 Å². The summed E-state index contributed by atoms with van der Waals surface area (Å²) in [5.41, 5.74) is 5.90. The van der Waals surface area contributed by atoms with Crippen molar-refractivity contribution in [2.75, 3.05) is 19.6 Å². The molecule has 43 heavy (non-hydrogen) atoms. The Kier molecular flexibility index (Phi) is 8.23. The molecule has 3 N–H and O–H groups in total. The highest BCUT2D eigenvalue weighted by Gasteiger charge is 2.46. The van der Waals surface area contributed by atoms with Crippen LogP contribution in [0.3, 0.4) is 0 Å². The third-order valence-electron chi connectivity index (χ3n) is 6.83. The van der Waals surface area contributed by atoms with Gasteiger partial charge in [-0.05, 0) is 50.6 Å². The molecule has 0 spiro atoms. The number of amidine groups is 1. The van der Waals surface area contributed by atoms with Gasteiger partial charge in [-0.1, -0.05) is 29.8 Å². The zero-order valence-electron chi connectivity index (χ0n) is 23.9. The van der Waals surface area contributed by atoms with E-state index < -0.39 is 41.8 Å². The van der Waals surface area contributed by atoms with E-state index >= 15 is 0 Å². The van der Waals surface area contributed by atoms with Gasteiger partial charge in [0.15, 0.2) is 17.9 Å². The van der Waals surface area contributed by atoms with Crippen LogP contribution in [0.5, 0.6) is 5.75 Å². The van der Waals surface area contributed by atoms with E-state index in [1.807, 2.05) is 20.8 Å². The van der Waals surface area contributed by atoms with Gasteiger partial charge in [-0.3, -0.25) is 24.3 Å². The molecule has 2 aliphatic rings. The molecule has 0 aliphatic carbocycles. The number of aromatic nitrogens is 1. The van der Waals surface area contributed by atoms with Crippen LogP contribution in [0.4, 0.5) is 4.79 Å². The van der Waals surface area contributed by atoms with Gasteiger partial charge in [0.1, 0.15) is 29.8 Å². The molecule has 12 nitrogen and oxygen atoms in total. The van der Waals surface area contributed by atoms with E-state index in [1.165, 1.54) is 34.5 Å². The van der Waals surface area contributed by atoms with Crippen molar-refractivity contribution in [1.29, 1.82) is 0 Å². The number of nitrogens with one attached hydrogen (secondary N) is 1. The zero-order chi connectivity index (χ0) is 30.9. The molecule has 3 aromatic rings. The van der Waals surface area contributed by atoms with Gasteiger partial charge in [0.25, 0.3) is 0 Å². The molecule has 4 amide bonds. The van der Waals surface area contributed by atoms with Crippen molar-refractivity contribution in [2.45, 2.75) is 44.9 Å². The maximum atomic E-state index is 14.4. The number of halogens is 1. The molecule has 5 rings (SSSR count). The minimum Gasteiger partial charge on any atom is -0.487 e. The van der Waals surface area contributed by atoms with Crippen molar-refractivity contribution in [3.05, 3.63) is 82.5 Å². The molecule has 2 atom stereocenters. The number of ether oxygens (including phenoxy) is 1. The van der Waals surface area contributed by atoms with Crippen molar-refractivity contribution >= 4 is 41.1 Å². The number of primary amides is 1. The minimum atomic E-state index is -0.754. The quantitative estimate of drug-likeness (QED) is 0.306. The molecule has 1 fully saturated rings. The summed E-state index contributed by atoms with van der Waals surface area (Å²) in [6, 6.07) is 9.83. The number of nitrogens with two attached hydrogens (primary N) is 1.